The highest BCUT2D eigenvalue weighted by Gasteiger charge is 2.41. The molecule has 2 aliphatic heterocycles. The molecule has 0 bridgehead atoms. The number of aromatic nitrogens is 2. The van der Waals surface area contributed by atoms with Crippen LogP contribution in [0.4, 0.5) is 33.9 Å². The summed E-state index contributed by atoms with van der Waals surface area (Å²) in [5, 5.41) is 14.5. The number of benzene rings is 2. The smallest absolute Gasteiger partial charge is 0.394 e. The Bertz CT molecular complexity index is 1380. The summed E-state index contributed by atoms with van der Waals surface area (Å²) in [6.07, 6.45) is -1.66. The average Bonchev–Trinajstić information content (AvgIpc) is 3.35. The van der Waals surface area contributed by atoms with Gasteiger partial charge >= 0.3 is 12.2 Å². The van der Waals surface area contributed by atoms with Gasteiger partial charge in [-0.05, 0) is 56.9 Å². The summed E-state index contributed by atoms with van der Waals surface area (Å²) in [4.78, 5) is 18.9. The van der Waals surface area contributed by atoms with Crippen LogP contribution in [0.2, 0.25) is 0 Å². The van der Waals surface area contributed by atoms with E-state index in [2.05, 4.69) is 5.10 Å². The van der Waals surface area contributed by atoms with Gasteiger partial charge in [0.2, 0.25) is 0 Å². The van der Waals surface area contributed by atoms with E-state index in [1.807, 2.05) is 17.9 Å². The minimum absolute atomic E-state index is 0.0306. The van der Waals surface area contributed by atoms with Gasteiger partial charge in [0.25, 0.3) is 0 Å². The second-order valence-electron chi connectivity index (χ2n) is 11.2. The first kappa shape index (κ1) is 27.9. The van der Waals surface area contributed by atoms with Crippen molar-refractivity contribution >= 4 is 17.5 Å². The lowest BCUT2D eigenvalue weighted by Gasteiger charge is -2.43. The maximum Gasteiger partial charge on any atom is 0.416 e. The van der Waals surface area contributed by atoms with E-state index >= 15 is 0 Å². The summed E-state index contributed by atoms with van der Waals surface area (Å²) >= 11 is 0. The molecule has 2 aliphatic rings. The average molecular weight is 560 g/mol. The summed E-state index contributed by atoms with van der Waals surface area (Å²) in [5.74, 6) is 0.00438. The summed E-state index contributed by atoms with van der Waals surface area (Å²) < 4.78 is 57.6. The molecule has 0 atom stereocenters. The van der Waals surface area contributed by atoms with Crippen molar-refractivity contribution in [2.24, 2.45) is 0 Å². The zero-order chi connectivity index (χ0) is 28.8. The van der Waals surface area contributed by atoms with Gasteiger partial charge in [-0.2, -0.15) is 18.3 Å². The van der Waals surface area contributed by atoms with Crippen LogP contribution in [0.3, 0.4) is 0 Å². The van der Waals surface area contributed by atoms with Crippen molar-refractivity contribution in [2.45, 2.75) is 64.5 Å². The predicted molar refractivity (Wildman–Crippen MR) is 144 cm³/mol. The van der Waals surface area contributed by atoms with Gasteiger partial charge in [-0.25, -0.2) is 9.18 Å². The minimum atomic E-state index is -4.58. The molecule has 40 heavy (non-hydrogen) atoms. The van der Waals surface area contributed by atoms with Crippen LogP contribution in [0, 0.1) is 12.7 Å². The Balaban J connectivity index is 1.46. The SMILES string of the molecule is Cc1cccc(F)c1N1CCC(N2Cc3cn(C(C)(C)CO)nc3N(Cc3ccccc3C(F)(F)F)C2=O)CC1. The minimum Gasteiger partial charge on any atom is -0.394 e. The number of nitrogens with zero attached hydrogens (tertiary/aromatic N) is 5. The lowest BCUT2D eigenvalue weighted by Crippen LogP contribution is -2.54. The third-order valence-electron chi connectivity index (χ3n) is 7.91. The number of fused-ring (bicyclic) bond motifs is 1. The molecular formula is C29H33F4N5O2. The number of amides is 2. The van der Waals surface area contributed by atoms with E-state index in [0.717, 1.165) is 11.6 Å². The molecule has 1 N–H and O–H groups in total. The zero-order valence-corrected chi connectivity index (χ0v) is 22.7. The summed E-state index contributed by atoms with van der Waals surface area (Å²) in [6.45, 7) is 6.24. The van der Waals surface area contributed by atoms with Crippen LogP contribution in [-0.4, -0.2) is 51.6 Å². The van der Waals surface area contributed by atoms with E-state index in [9.17, 15) is 27.5 Å². The number of piperidine rings is 1. The molecule has 1 aromatic heterocycles. The molecule has 214 valence electrons. The highest BCUT2D eigenvalue weighted by Crippen LogP contribution is 2.37. The molecule has 0 radical (unpaired) electrons. The molecule has 0 unspecified atom stereocenters. The van der Waals surface area contributed by atoms with Gasteiger partial charge in [-0.15, -0.1) is 0 Å². The Labute approximate surface area is 230 Å². The Hall–Kier alpha value is -3.60. The molecule has 2 aromatic carbocycles. The third kappa shape index (κ3) is 5.14. The van der Waals surface area contributed by atoms with E-state index in [0.29, 0.717) is 43.0 Å². The molecule has 0 aliphatic carbocycles. The molecule has 3 aromatic rings. The number of aliphatic hydroxyl groups is 1. The number of alkyl halides is 3. The number of halogens is 4. The fourth-order valence-corrected chi connectivity index (χ4v) is 5.58. The number of carbonyl (C=O) groups excluding carboxylic acids is 1. The molecule has 3 heterocycles. The van der Waals surface area contributed by atoms with Gasteiger partial charge in [-0.3, -0.25) is 9.58 Å². The van der Waals surface area contributed by atoms with Crippen molar-refractivity contribution in [3.63, 3.8) is 0 Å². The Morgan fingerprint density at radius 2 is 1.75 bits per heavy atom. The number of rotatable bonds is 6. The number of para-hydroxylation sites is 1. The number of carbonyl (C=O) groups is 1. The van der Waals surface area contributed by atoms with E-state index < -0.39 is 23.3 Å². The number of aliphatic hydroxyl groups excluding tert-OH is 1. The number of hydrogen-bond donors (Lipinski definition) is 1. The fraction of sp³-hybridized carbons (Fsp3) is 0.448. The Kier molecular flexibility index (Phi) is 7.28. The van der Waals surface area contributed by atoms with Gasteiger partial charge in [0, 0.05) is 30.9 Å². The Morgan fingerprint density at radius 3 is 2.40 bits per heavy atom. The summed E-state index contributed by atoms with van der Waals surface area (Å²) in [6, 6.07) is 9.60. The van der Waals surface area contributed by atoms with Crippen LogP contribution in [0.15, 0.2) is 48.7 Å². The van der Waals surface area contributed by atoms with Crippen molar-refractivity contribution in [2.75, 3.05) is 29.5 Å². The first-order valence-corrected chi connectivity index (χ1v) is 13.3. The van der Waals surface area contributed by atoms with Crippen molar-refractivity contribution in [1.29, 1.82) is 0 Å². The van der Waals surface area contributed by atoms with Crippen molar-refractivity contribution < 1.29 is 27.5 Å². The van der Waals surface area contributed by atoms with Crippen LogP contribution in [-0.2, 0) is 24.8 Å². The van der Waals surface area contributed by atoms with Crippen molar-refractivity contribution in [1.82, 2.24) is 14.7 Å². The van der Waals surface area contributed by atoms with Gasteiger partial charge < -0.3 is 14.9 Å². The molecule has 2 amide bonds. The van der Waals surface area contributed by atoms with E-state index in [4.69, 9.17) is 0 Å². The standard InChI is InChI=1S/C29H33F4N5O2/c1-19-7-6-10-24(30)25(19)35-13-11-22(12-14-35)36-16-21-17-38(28(2,3)18-39)34-26(21)37(27(36)40)15-20-8-4-5-9-23(20)29(31,32)33/h4-10,17,22,39H,11-16,18H2,1-3H3. The first-order chi connectivity index (χ1) is 18.9. The van der Waals surface area contributed by atoms with Crippen LogP contribution in [0.1, 0.15) is 48.9 Å². The topological polar surface area (TPSA) is 64.8 Å². The molecule has 7 nitrogen and oxygen atoms in total. The van der Waals surface area contributed by atoms with Crippen LogP contribution >= 0.6 is 0 Å². The summed E-state index contributed by atoms with van der Waals surface area (Å²) in [5.41, 5.74) is 0.487. The number of anilines is 2. The number of urea groups is 1. The number of aryl methyl sites for hydroxylation is 1. The molecule has 5 rings (SSSR count). The first-order valence-electron chi connectivity index (χ1n) is 13.3. The Morgan fingerprint density at radius 1 is 1.05 bits per heavy atom. The fourth-order valence-electron chi connectivity index (χ4n) is 5.58. The monoisotopic (exact) mass is 559 g/mol. The van der Waals surface area contributed by atoms with E-state index in [-0.39, 0.29) is 37.1 Å². The van der Waals surface area contributed by atoms with Crippen LogP contribution in [0.5, 0.6) is 0 Å². The molecule has 1 fully saturated rings. The zero-order valence-electron chi connectivity index (χ0n) is 22.7. The highest BCUT2D eigenvalue weighted by atomic mass is 19.4. The lowest BCUT2D eigenvalue weighted by atomic mass is 10.00. The molecular weight excluding hydrogens is 526 g/mol. The highest BCUT2D eigenvalue weighted by molar-refractivity contribution is 5.94. The van der Waals surface area contributed by atoms with Gasteiger partial charge in [0.05, 0.1) is 36.5 Å². The van der Waals surface area contributed by atoms with Crippen LogP contribution < -0.4 is 9.80 Å². The maximum atomic E-state index is 14.6. The lowest BCUT2D eigenvalue weighted by molar-refractivity contribution is -0.138. The van der Waals surface area contributed by atoms with Gasteiger partial charge in [0.1, 0.15) is 5.82 Å². The van der Waals surface area contributed by atoms with Crippen molar-refractivity contribution in [3.8, 4) is 0 Å². The maximum absolute atomic E-state index is 14.6. The summed E-state index contributed by atoms with van der Waals surface area (Å²) in [7, 11) is 0. The van der Waals surface area contributed by atoms with E-state index in [1.165, 1.54) is 29.2 Å². The van der Waals surface area contributed by atoms with Crippen LogP contribution in [0.25, 0.3) is 0 Å². The van der Waals surface area contributed by atoms with Crippen molar-refractivity contribution in [3.05, 3.63) is 76.7 Å². The quantitative estimate of drug-likeness (QED) is 0.395. The van der Waals surface area contributed by atoms with E-state index in [1.54, 1.807) is 35.7 Å². The van der Waals surface area contributed by atoms with Gasteiger partial charge in [-0.1, -0.05) is 30.3 Å². The molecule has 0 spiro atoms. The largest absolute Gasteiger partial charge is 0.416 e. The third-order valence-corrected chi connectivity index (χ3v) is 7.91. The molecule has 11 heteroatoms. The molecule has 1 saturated heterocycles. The normalized spacial score (nSPS) is 17.0. The predicted octanol–water partition coefficient (Wildman–Crippen LogP) is 5.69. The molecule has 0 saturated carbocycles. The second kappa shape index (κ2) is 10.4. The van der Waals surface area contributed by atoms with Gasteiger partial charge in [0.15, 0.2) is 5.82 Å². The number of hydrogen-bond acceptors (Lipinski definition) is 4. The second-order valence-corrected chi connectivity index (χ2v) is 11.2.